The number of rotatable bonds is 6. The molecule has 2 rings (SSSR count). The molecule has 0 spiro atoms. The van der Waals surface area contributed by atoms with Crippen LogP contribution in [0, 0.1) is 5.92 Å². The zero-order chi connectivity index (χ0) is 15.3. The second-order valence-corrected chi connectivity index (χ2v) is 7.31. The Morgan fingerprint density at radius 1 is 1.19 bits per heavy atom. The Labute approximate surface area is 130 Å². The molecule has 2 unspecified atom stereocenters. The first-order chi connectivity index (χ1) is 10.0. The van der Waals surface area contributed by atoms with Crippen molar-refractivity contribution in [3.63, 3.8) is 0 Å². The molecule has 21 heavy (non-hydrogen) atoms. The van der Waals surface area contributed by atoms with Crippen LogP contribution >= 0.6 is 0 Å². The predicted molar refractivity (Wildman–Crippen MR) is 90.1 cm³/mol. The van der Waals surface area contributed by atoms with E-state index in [1.165, 1.54) is 24.8 Å². The van der Waals surface area contributed by atoms with E-state index in [4.69, 9.17) is 4.74 Å². The zero-order valence-corrected chi connectivity index (χ0v) is 14.1. The van der Waals surface area contributed by atoms with Crippen LogP contribution in [0.1, 0.15) is 64.9 Å². The summed E-state index contributed by atoms with van der Waals surface area (Å²) in [5, 5.41) is 3.69. The summed E-state index contributed by atoms with van der Waals surface area (Å²) in [6.07, 6.45) is 5.02. The monoisotopic (exact) mass is 289 g/mol. The van der Waals surface area contributed by atoms with Crippen molar-refractivity contribution in [3.8, 4) is 5.75 Å². The van der Waals surface area contributed by atoms with Gasteiger partial charge in [-0.05, 0) is 70.0 Å². The van der Waals surface area contributed by atoms with Crippen molar-refractivity contribution in [2.75, 3.05) is 13.2 Å². The molecule has 1 fully saturated rings. The lowest BCUT2D eigenvalue weighted by molar-refractivity contribution is 0.305. The Bertz CT molecular complexity index is 435. The molecule has 0 aromatic heterocycles. The molecule has 2 nitrogen and oxygen atoms in total. The second-order valence-electron chi connectivity index (χ2n) is 7.31. The molecule has 2 atom stereocenters. The minimum atomic E-state index is 0.200. The summed E-state index contributed by atoms with van der Waals surface area (Å²) >= 11 is 0. The van der Waals surface area contributed by atoms with Gasteiger partial charge >= 0.3 is 0 Å². The number of benzene rings is 1. The van der Waals surface area contributed by atoms with Crippen molar-refractivity contribution in [2.24, 2.45) is 5.92 Å². The molecule has 2 heteroatoms. The Kier molecular flexibility index (Phi) is 5.69. The summed E-state index contributed by atoms with van der Waals surface area (Å²) in [5.74, 6) is 2.48. The summed E-state index contributed by atoms with van der Waals surface area (Å²) in [5.41, 5.74) is 1.62. The van der Waals surface area contributed by atoms with Crippen LogP contribution in [0.4, 0.5) is 0 Å². The molecule has 118 valence electrons. The summed E-state index contributed by atoms with van der Waals surface area (Å²) in [7, 11) is 0. The van der Waals surface area contributed by atoms with Crippen LogP contribution in [0.15, 0.2) is 24.3 Å². The fraction of sp³-hybridized carbons (Fsp3) is 0.684. The normalized spacial score (nSPS) is 22.5. The number of hydrogen-bond donors (Lipinski definition) is 1. The lowest BCUT2D eigenvalue weighted by atomic mass is 9.87. The van der Waals surface area contributed by atoms with Crippen LogP contribution in [0.2, 0.25) is 0 Å². The SMILES string of the molecule is CCCOc1ccccc1C1CCCC1CNC(C)(C)C. The highest BCUT2D eigenvalue weighted by molar-refractivity contribution is 5.37. The number of hydrogen-bond acceptors (Lipinski definition) is 2. The average Bonchev–Trinajstić information content (AvgIpc) is 2.91. The van der Waals surface area contributed by atoms with Gasteiger partial charge in [-0.3, -0.25) is 0 Å². The minimum Gasteiger partial charge on any atom is -0.493 e. The molecule has 1 aromatic carbocycles. The van der Waals surface area contributed by atoms with Crippen molar-refractivity contribution < 1.29 is 4.74 Å². The van der Waals surface area contributed by atoms with E-state index in [0.717, 1.165) is 31.2 Å². The third kappa shape index (κ3) is 4.74. The van der Waals surface area contributed by atoms with Gasteiger partial charge in [-0.2, -0.15) is 0 Å². The first-order valence-electron chi connectivity index (χ1n) is 8.48. The van der Waals surface area contributed by atoms with E-state index < -0.39 is 0 Å². The van der Waals surface area contributed by atoms with Crippen molar-refractivity contribution in [2.45, 2.75) is 64.8 Å². The molecule has 1 aliphatic carbocycles. The topological polar surface area (TPSA) is 21.3 Å². The molecule has 0 bridgehead atoms. The lowest BCUT2D eigenvalue weighted by Gasteiger charge is -2.27. The van der Waals surface area contributed by atoms with Gasteiger partial charge in [0.1, 0.15) is 5.75 Å². The number of ether oxygens (including phenoxy) is 1. The molecular formula is C19H31NO. The van der Waals surface area contributed by atoms with Crippen molar-refractivity contribution in [1.29, 1.82) is 0 Å². The average molecular weight is 289 g/mol. The Balaban J connectivity index is 2.08. The third-order valence-corrected chi connectivity index (χ3v) is 4.33. The fourth-order valence-electron chi connectivity index (χ4n) is 3.26. The Morgan fingerprint density at radius 2 is 1.95 bits per heavy atom. The zero-order valence-electron chi connectivity index (χ0n) is 14.1. The second kappa shape index (κ2) is 7.31. The summed E-state index contributed by atoms with van der Waals surface area (Å²) in [6.45, 7) is 10.8. The van der Waals surface area contributed by atoms with Gasteiger partial charge in [-0.15, -0.1) is 0 Å². The molecule has 1 N–H and O–H groups in total. The summed E-state index contributed by atoms with van der Waals surface area (Å²) in [4.78, 5) is 0. The molecule has 1 saturated carbocycles. The van der Waals surface area contributed by atoms with Crippen LogP contribution < -0.4 is 10.1 Å². The standard InChI is InChI=1S/C19H31NO/c1-5-13-21-18-12-7-6-10-17(18)16-11-8-9-15(16)14-20-19(2,3)4/h6-7,10,12,15-16,20H,5,8-9,11,13-14H2,1-4H3. The molecule has 0 saturated heterocycles. The first-order valence-corrected chi connectivity index (χ1v) is 8.48. The van der Waals surface area contributed by atoms with Gasteiger partial charge in [0.05, 0.1) is 6.61 Å². The van der Waals surface area contributed by atoms with Gasteiger partial charge < -0.3 is 10.1 Å². The van der Waals surface area contributed by atoms with Crippen molar-refractivity contribution >= 4 is 0 Å². The maximum absolute atomic E-state index is 5.97. The fourth-order valence-corrected chi connectivity index (χ4v) is 3.26. The highest BCUT2D eigenvalue weighted by Gasteiger charge is 2.31. The summed E-state index contributed by atoms with van der Waals surface area (Å²) in [6, 6.07) is 8.65. The van der Waals surface area contributed by atoms with Crippen LogP contribution in [0.25, 0.3) is 0 Å². The summed E-state index contributed by atoms with van der Waals surface area (Å²) < 4.78 is 5.97. The highest BCUT2D eigenvalue weighted by Crippen LogP contribution is 2.42. The molecule has 0 heterocycles. The van der Waals surface area contributed by atoms with Gasteiger partial charge in [0.25, 0.3) is 0 Å². The van der Waals surface area contributed by atoms with E-state index in [1.807, 2.05) is 0 Å². The van der Waals surface area contributed by atoms with E-state index in [-0.39, 0.29) is 5.54 Å². The van der Waals surface area contributed by atoms with Crippen LogP contribution in [-0.4, -0.2) is 18.7 Å². The van der Waals surface area contributed by atoms with Crippen molar-refractivity contribution in [1.82, 2.24) is 5.32 Å². The Hall–Kier alpha value is -1.02. The minimum absolute atomic E-state index is 0.200. The smallest absolute Gasteiger partial charge is 0.122 e. The van der Waals surface area contributed by atoms with Crippen molar-refractivity contribution in [3.05, 3.63) is 29.8 Å². The van der Waals surface area contributed by atoms with Crippen LogP contribution in [-0.2, 0) is 0 Å². The van der Waals surface area contributed by atoms with E-state index in [0.29, 0.717) is 5.92 Å². The van der Waals surface area contributed by atoms with Crippen LogP contribution in [0.3, 0.4) is 0 Å². The van der Waals surface area contributed by atoms with Crippen LogP contribution in [0.5, 0.6) is 5.75 Å². The molecule has 0 radical (unpaired) electrons. The lowest BCUT2D eigenvalue weighted by Crippen LogP contribution is -2.39. The number of nitrogens with one attached hydrogen (secondary N) is 1. The van der Waals surface area contributed by atoms with E-state index in [9.17, 15) is 0 Å². The Morgan fingerprint density at radius 3 is 2.67 bits per heavy atom. The maximum atomic E-state index is 5.97. The van der Waals surface area contributed by atoms with E-state index >= 15 is 0 Å². The predicted octanol–water partition coefficient (Wildman–Crippen LogP) is 4.75. The first kappa shape index (κ1) is 16.4. The third-order valence-electron chi connectivity index (χ3n) is 4.33. The van der Waals surface area contributed by atoms with E-state index in [1.54, 1.807) is 0 Å². The quantitative estimate of drug-likeness (QED) is 0.816. The van der Waals surface area contributed by atoms with Gasteiger partial charge in [-0.1, -0.05) is 31.5 Å². The van der Waals surface area contributed by atoms with Gasteiger partial charge in [0, 0.05) is 5.54 Å². The largest absolute Gasteiger partial charge is 0.493 e. The molecule has 0 aliphatic heterocycles. The molecule has 0 amide bonds. The molecule has 1 aromatic rings. The highest BCUT2D eigenvalue weighted by atomic mass is 16.5. The van der Waals surface area contributed by atoms with Gasteiger partial charge in [-0.25, -0.2) is 0 Å². The number of para-hydroxylation sites is 1. The van der Waals surface area contributed by atoms with Gasteiger partial charge in [0.15, 0.2) is 0 Å². The van der Waals surface area contributed by atoms with Gasteiger partial charge in [0.2, 0.25) is 0 Å². The van der Waals surface area contributed by atoms with E-state index in [2.05, 4.69) is 57.3 Å². The maximum Gasteiger partial charge on any atom is 0.122 e. The molecular weight excluding hydrogens is 258 g/mol. The molecule has 1 aliphatic rings.